The van der Waals surface area contributed by atoms with Gasteiger partial charge >= 0.3 is 0 Å². The number of rotatable bonds is 9. The number of anilines is 2. The second-order valence-corrected chi connectivity index (χ2v) is 11.6. The number of aryl methyl sites for hydroxylation is 2. The lowest BCUT2D eigenvalue weighted by atomic mass is 9.96. The van der Waals surface area contributed by atoms with Crippen molar-refractivity contribution in [2.45, 2.75) is 51.6 Å². The van der Waals surface area contributed by atoms with Crippen molar-refractivity contribution < 1.29 is 9.32 Å². The van der Waals surface area contributed by atoms with E-state index in [0.717, 1.165) is 49.1 Å². The van der Waals surface area contributed by atoms with Crippen LogP contribution in [0.5, 0.6) is 0 Å². The summed E-state index contributed by atoms with van der Waals surface area (Å²) in [5.74, 6) is 2.07. The van der Waals surface area contributed by atoms with Gasteiger partial charge < -0.3 is 20.9 Å². The number of amides is 1. The van der Waals surface area contributed by atoms with Crippen LogP contribution in [0.3, 0.4) is 0 Å². The van der Waals surface area contributed by atoms with Gasteiger partial charge in [0.2, 0.25) is 0 Å². The van der Waals surface area contributed by atoms with E-state index in [1.807, 2.05) is 44.2 Å². The lowest BCUT2D eigenvalue weighted by Gasteiger charge is -2.32. The van der Waals surface area contributed by atoms with E-state index in [1.165, 1.54) is 36.0 Å². The van der Waals surface area contributed by atoms with E-state index in [4.69, 9.17) is 10.3 Å². The highest BCUT2D eigenvalue weighted by atomic mass is 16.5. The average molecular weight is 550 g/mol. The van der Waals surface area contributed by atoms with E-state index in [1.54, 1.807) is 6.07 Å². The summed E-state index contributed by atoms with van der Waals surface area (Å²) in [6.07, 6.45) is 3.65. The lowest BCUT2D eigenvalue weighted by molar-refractivity contribution is 0.102. The Hall–Kier alpha value is -3.94. The fraction of sp³-hybridized carbons (Fsp3) is 0.353. The molecule has 0 radical (unpaired) electrons. The van der Waals surface area contributed by atoms with E-state index >= 15 is 0 Å². The Morgan fingerprint density at radius 3 is 2.41 bits per heavy atom. The number of piperidine rings is 1. The molecule has 1 saturated carbocycles. The molecule has 2 atom stereocenters. The molecule has 1 aliphatic carbocycles. The van der Waals surface area contributed by atoms with Crippen molar-refractivity contribution in [1.29, 1.82) is 0 Å². The first-order valence-electron chi connectivity index (χ1n) is 14.7. The van der Waals surface area contributed by atoms with Gasteiger partial charge in [0.25, 0.3) is 5.91 Å². The van der Waals surface area contributed by atoms with Crippen LogP contribution in [0.4, 0.5) is 11.4 Å². The predicted molar refractivity (Wildman–Crippen MR) is 164 cm³/mol. The van der Waals surface area contributed by atoms with Crippen LogP contribution in [-0.2, 0) is 6.54 Å². The third-order valence-electron chi connectivity index (χ3n) is 8.66. The van der Waals surface area contributed by atoms with E-state index in [2.05, 4.69) is 57.1 Å². The van der Waals surface area contributed by atoms with Crippen molar-refractivity contribution in [3.05, 3.63) is 101 Å². The third-order valence-corrected chi connectivity index (χ3v) is 8.66. The minimum Gasteiger partial charge on any atom is -0.397 e. The SMILES string of the molecule is Cc1noc(C)c1-c1ccc(C2CC2NCC2CCN(Cc3ccc(C(=O)Nc4ccccc4N)cc3)CC2)cc1. The van der Waals surface area contributed by atoms with E-state index in [9.17, 15) is 4.79 Å². The molecule has 4 aromatic rings. The zero-order valence-corrected chi connectivity index (χ0v) is 23.9. The number of nitrogens with one attached hydrogen (secondary N) is 2. The molecular formula is C34H39N5O2. The van der Waals surface area contributed by atoms with Crippen LogP contribution >= 0.6 is 0 Å². The van der Waals surface area contributed by atoms with Crippen molar-refractivity contribution in [3.63, 3.8) is 0 Å². The zero-order chi connectivity index (χ0) is 28.3. The number of aromatic nitrogens is 1. The summed E-state index contributed by atoms with van der Waals surface area (Å²) in [6, 6.07) is 24.8. The monoisotopic (exact) mass is 549 g/mol. The Bertz CT molecular complexity index is 1470. The molecule has 212 valence electrons. The number of benzene rings is 3. The number of nitrogens with zero attached hydrogens (tertiary/aromatic N) is 2. The molecule has 4 N–H and O–H groups in total. The van der Waals surface area contributed by atoms with Gasteiger partial charge in [0.05, 0.1) is 17.1 Å². The van der Waals surface area contributed by atoms with Crippen LogP contribution in [0.15, 0.2) is 77.3 Å². The first-order chi connectivity index (χ1) is 19.9. The molecule has 7 nitrogen and oxygen atoms in total. The first kappa shape index (κ1) is 27.2. The van der Waals surface area contributed by atoms with Gasteiger partial charge in [0, 0.05) is 29.6 Å². The molecule has 1 amide bonds. The smallest absolute Gasteiger partial charge is 0.255 e. The predicted octanol–water partition coefficient (Wildman–Crippen LogP) is 6.15. The van der Waals surface area contributed by atoms with Crippen LogP contribution in [-0.4, -0.2) is 41.6 Å². The second kappa shape index (κ2) is 11.9. The van der Waals surface area contributed by atoms with E-state index in [0.29, 0.717) is 28.9 Å². The molecule has 7 heteroatoms. The van der Waals surface area contributed by atoms with Gasteiger partial charge in [0.1, 0.15) is 5.76 Å². The van der Waals surface area contributed by atoms with Gasteiger partial charge in [-0.15, -0.1) is 0 Å². The summed E-state index contributed by atoms with van der Waals surface area (Å²) < 4.78 is 5.33. The summed E-state index contributed by atoms with van der Waals surface area (Å²) in [6.45, 7) is 8.20. The van der Waals surface area contributed by atoms with Crippen molar-refractivity contribution in [2.75, 3.05) is 30.7 Å². The molecule has 2 aliphatic rings. The number of para-hydroxylation sites is 2. The Morgan fingerprint density at radius 2 is 1.73 bits per heavy atom. The topological polar surface area (TPSA) is 96.4 Å². The van der Waals surface area contributed by atoms with Gasteiger partial charge in [-0.2, -0.15) is 0 Å². The van der Waals surface area contributed by atoms with Crippen LogP contribution in [0, 0.1) is 19.8 Å². The second-order valence-electron chi connectivity index (χ2n) is 11.6. The fourth-order valence-corrected chi connectivity index (χ4v) is 6.07. The highest BCUT2D eigenvalue weighted by Crippen LogP contribution is 2.42. The number of likely N-dealkylation sites (tertiary alicyclic amines) is 1. The number of hydrogen-bond acceptors (Lipinski definition) is 6. The number of carbonyl (C=O) groups is 1. The van der Waals surface area contributed by atoms with Crippen LogP contribution in [0.1, 0.15) is 58.1 Å². The molecule has 1 saturated heterocycles. The molecule has 0 spiro atoms. The number of carbonyl (C=O) groups excluding carboxylic acids is 1. The molecule has 0 bridgehead atoms. The molecular weight excluding hydrogens is 510 g/mol. The van der Waals surface area contributed by atoms with Crippen LogP contribution < -0.4 is 16.4 Å². The van der Waals surface area contributed by atoms with Gasteiger partial charge in [0.15, 0.2) is 0 Å². The van der Waals surface area contributed by atoms with Crippen molar-refractivity contribution in [2.24, 2.45) is 5.92 Å². The Morgan fingerprint density at radius 1 is 1.00 bits per heavy atom. The molecule has 2 fully saturated rings. The Labute approximate surface area is 242 Å². The summed E-state index contributed by atoms with van der Waals surface area (Å²) >= 11 is 0. The highest BCUT2D eigenvalue weighted by molar-refractivity contribution is 6.05. The molecule has 2 unspecified atom stereocenters. The van der Waals surface area contributed by atoms with Gasteiger partial charge in [-0.1, -0.05) is 53.7 Å². The maximum absolute atomic E-state index is 12.6. The van der Waals surface area contributed by atoms with Gasteiger partial charge in [-0.25, -0.2) is 0 Å². The standard InChI is InChI=1S/C34H39N5O2/c1-22-33(23(2)41-38-22)27-13-11-26(12-14-27)29-19-32(29)36-20-24-15-17-39(18-16-24)21-25-7-9-28(10-8-25)34(40)37-31-6-4-3-5-30(31)35/h3-14,24,29,32,36H,15-21,35H2,1-2H3,(H,37,40). The summed E-state index contributed by atoms with van der Waals surface area (Å²) in [7, 11) is 0. The molecule has 1 aromatic heterocycles. The normalized spacial score (nSPS) is 19.3. The number of nitrogens with two attached hydrogens (primary N) is 1. The highest BCUT2D eigenvalue weighted by Gasteiger charge is 2.38. The molecule has 41 heavy (non-hydrogen) atoms. The van der Waals surface area contributed by atoms with Crippen molar-refractivity contribution in [1.82, 2.24) is 15.4 Å². The lowest BCUT2D eigenvalue weighted by Crippen LogP contribution is -2.37. The Kier molecular flexibility index (Phi) is 7.90. The zero-order valence-electron chi connectivity index (χ0n) is 23.9. The first-order valence-corrected chi connectivity index (χ1v) is 14.7. The average Bonchev–Trinajstić information content (AvgIpc) is 3.69. The largest absolute Gasteiger partial charge is 0.397 e. The fourth-order valence-electron chi connectivity index (χ4n) is 6.07. The van der Waals surface area contributed by atoms with Crippen molar-refractivity contribution in [3.8, 4) is 11.1 Å². The Balaban J connectivity index is 0.918. The van der Waals surface area contributed by atoms with Gasteiger partial charge in [-0.3, -0.25) is 9.69 Å². The summed E-state index contributed by atoms with van der Waals surface area (Å²) in [5.41, 5.74) is 13.7. The minimum absolute atomic E-state index is 0.144. The van der Waals surface area contributed by atoms with E-state index < -0.39 is 0 Å². The maximum Gasteiger partial charge on any atom is 0.255 e. The van der Waals surface area contributed by atoms with Crippen molar-refractivity contribution >= 4 is 17.3 Å². The summed E-state index contributed by atoms with van der Waals surface area (Å²) in [5, 5.41) is 10.8. The molecule has 6 rings (SSSR count). The summed E-state index contributed by atoms with van der Waals surface area (Å²) in [4.78, 5) is 15.1. The maximum atomic E-state index is 12.6. The molecule has 3 aromatic carbocycles. The molecule has 2 heterocycles. The number of hydrogen-bond donors (Lipinski definition) is 3. The minimum atomic E-state index is -0.144. The quantitative estimate of drug-likeness (QED) is 0.217. The van der Waals surface area contributed by atoms with Gasteiger partial charge in [-0.05, 0) is 99.6 Å². The number of nitrogen functional groups attached to an aromatic ring is 1. The van der Waals surface area contributed by atoms with E-state index in [-0.39, 0.29) is 5.91 Å². The van der Waals surface area contributed by atoms with Crippen LogP contribution in [0.25, 0.3) is 11.1 Å². The van der Waals surface area contributed by atoms with Crippen LogP contribution in [0.2, 0.25) is 0 Å². The molecule has 1 aliphatic heterocycles. The third kappa shape index (κ3) is 6.37.